The number of benzene rings is 1. The van der Waals surface area contributed by atoms with Crippen molar-refractivity contribution >= 4 is 23.6 Å². The minimum absolute atomic E-state index is 0.105. The summed E-state index contributed by atoms with van der Waals surface area (Å²) in [5.41, 5.74) is 0.821. The van der Waals surface area contributed by atoms with Crippen LogP contribution in [0.15, 0.2) is 53.5 Å². The summed E-state index contributed by atoms with van der Waals surface area (Å²) in [5, 5.41) is 3.31. The summed E-state index contributed by atoms with van der Waals surface area (Å²) in [5.74, 6) is 0.652. The minimum atomic E-state index is -0.172. The van der Waals surface area contributed by atoms with Crippen LogP contribution in [0.3, 0.4) is 0 Å². The molecule has 0 saturated carbocycles. The van der Waals surface area contributed by atoms with E-state index in [2.05, 4.69) is 12.2 Å². The van der Waals surface area contributed by atoms with Crippen molar-refractivity contribution in [3.8, 4) is 5.75 Å². The summed E-state index contributed by atoms with van der Waals surface area (Å²) in [6, 6.07) is 10.6. The third-order valence-corrected chi connectivity index (χ3v) is 3.83. The van der Waals surface area contributed by atoms with Crippen molar-refractivity contribution < 1.29 is 9.53 Å². The Bertz CT molecular complexity index is 797. The van der Waals surface area contributed by atoms with E-state index in [0.29, 0.717) is 31.1 Å². The number of carbonyl (C=O) groups excluding carboxylic acids is 1. The second-order valence-electron chi connectivity index (χ2n) is 5.77. The molecule has 0 aliphatic rings. The van der Waals surface area contributed by atoms with Crippen molar-refractivity contribution in [2.45, 2.75) is 26.3 Å². The number of carbonyl (C=O) groups is 1. The highest BCUT2D eigenvalue weighted by Gasteiger charge is 1.99. The number of amides is 1. The minimum Gasteiger partial charge on any atom is -0.494 e. The largest absolute Gasteiger partial charge is 0.494 e. The maximum absolute atomic E-state index is 11.8. The van der Waals surface area contributed by atoms with Gasteiger partial charge in [-0.05, 0) is 42.7 Å². The number of rotatable bonds is 9. The average Bonchev–Trinajstić information content (AvgIpc) is 2.65. The molecule has 5 nitrogen and oxygen atoms in total. The van der Waals surface area contributed by atoms with E-state index < -0.39 is 0 Å². The Morgan fingerprint density at radius 2 is 2.00 bits per heavy atom. The van der Waals surface area contributed by atoms with Crippen LogP contribution in [0, 0.1) is 0 Å². The van der Waals surface area contributed by atoms with E-state index >= 15 is 0 Å². The van der Waals surface area contributed by atoms with Gasteiger partial charge in [-0.1, -0.05) is 30.7 Å². The topological polar surface area (TPSA) is 60.3 Å². The molecule has 0 bridgehead atoms. The smallest absolute Gasteiger partial charge is 0.250 e. The van der Waals surface area contributed by atoms with Gasteiger partial charge in [-0.3, -0.25) is 9.59 Å². The van der Waals surface area contributed by atoms with E-state index in [1.807, 2.05) is 24.3 Å². The Labute approximate surface area is 158 Å². The molecule has 0 spiro atoms. The van der Waals surface area contributed by atoms with Gasteiger partial charge < -0.3 is 14.6 Å². The molecule has 26 heavy (non-hydrogen) atoms. The number of hydrogen-bond acceptors (Lipinski definition) is 3. The van der Waals surface area contributed by atoms with Crippen LogP contribution >= 0.6 is 11.6 Å². The van der Waals surface area contributed by atoms with E-state index in [1.165, 1.54) is 16.7 Å². The van der Waals surface area contributed by atoms with Crippen LogP contribution in [0.25, 0.3) is 6.08 Å². The molecule has 0 aliphatic carbocycles. The van der Waals surface area contributed by atoms with E-state index in [-0.39, 0.29) is 11.5 Å². The molecule has 1 amide bonds. The van der Waals surface area contributed by atoms with Gasteiger partial charge in [-0.25, -0.2) is 0 Å². The van der Waals surface area contributed by atoms with Crippen molar-refractivity contribution in [2.24, 2.45) is 0 Å². The van der Waals surface area contributed by atoms with Crippen molar-refractivity contribution in [3.05, 3.63) is 69.6 Å². The first kappa shape index (κ1) is 19.8. The van der Waals surface area contributed by atoms with Gasteiger partial charge in [0.1, 0.15) is 5.75 Å². The highest BCUT2D eigenvalue weighted by atomic mass is 35.5. The van der Waals surface area contributed by atoms with E-state index in [9.17, 15) is 9.59 Å². The molecule has 1 heterocycles. The molecule has 0 saturated heterocycles. The molecule has 0 atom stereocenters. The number of nitrogens with zero attached hydrogens (tertiary/aromatic N) is 1. The van der Waals surface area contributed by atoms with E-state index in [0.717, 1.165) is 17.7 Å². The number of nitrogens with one attached hydrogen (secondary N) is 1. The molecule has 0 fully saturated rings. The average molecular weight is 375 g/mol. The van der Waals surface area contributed by atoms with Gasteiger partial charge in [-0.2, -0.15) is 0 Å². The second-order valence-corrected chi connectivity index (χ2v) is 6.21. The number of aryl methyl sites for hydroxylation is 1. The summed E-state index contributed by atoms with van der Waals surface area (Å²) < 4.78 is 7.05. The standard InChI is InChI=1S/C20H23ClN2O3/c1-2-14-26-18-8-4-16(5-9-18)6-10-19(24)22-12-3-13-23-15-17(21)7-11-20(23)25/h4-11,15H,2-3,12-14H2,1H3,(H,22,24)/b10-6+. The number of aromatic nitrogens is 1. The molecule has 0 unspecified atom stereocenters. The van der Waals surface area contributed by atoms with Gasteiger partial charge in [0, 0.05) is 31.4 Å². The lowest BCUT2D eigenvalue weighted by Gasteiger charge is -2.06. The fraction of sp³-hybridized carbons (Fsp3) is 0.300. The van der Waals surface area contributed by atoms with Gasteiger partial charge in [0.15, 0.2) is 0 Å². The van der Waals surface area contributed by atoms with Gasteiger partial charge in [-0.15, -0.1) is 0 Å². The first-order valence-corrected chi connectivity index (χ1v) is 9.01. The summed E-state index contributed by atoms with van der Waals surface area (Å²) >= 11 is 5.87. The Kier molecular flexibility index (Phi) is 7.96. The fourth-order valence-corrected chi connectivity index (χ4v) is 2.44. The molecule has 6 heteroatoms. The maximum Gasteiger partial charge on any atom is 0.250 e. The van der Waals surface area contributed by atoms with Gasteiger partial charge in [0.25, 0.3) is 5.56 Å². The SMILES string of the molecule is CCCOc1ccc(/C=C/C(=O)NCCCn2cc(Cl)ccc2=O)cc1. The van der Waals surface area contributed by atoms with Crippen LogP contribution in [0.4, 0.5) is 0 Å². The van der Waals surface area contributed by atoms with Crippen LogP contribution in [0.1, 0.15) is 25.3 Å². The Hall–Kier alpha value is -2.53. The lowest BCUT2D eigenvalue weighted by Crippen LogP contribution is -2.25. The first-order chi connectivity index (χ1) is 12.6. The number of pyridine rings is 1. The monoisotopic (exact) mass is 374 g/mol. The van der Waals surface area contributed by atoms with Crippen LogP contribution in [0.2, 0.25) is 5.02 Å². The van der Waals surface area contributed by atoms with Gasteiger partial charge in [0.2, 0.25) is 5.91 Å². The van der Waals surface area contributed by atoms with Gasteiger partial charge >= 0.3 is 0 Å². The first-order valence-electron chi connectivity index (χ1n) is 8.63. The molecular formula is C20H23ClN2O3. The zero-order valence-electron chi connectivity index (χ0n) is 14.8. The lowest BCUT2D eigenvalue weighted by molar-refractivity contribution is -0.116. The zero-order chi connectivity index (χ0) is 18.8. The molecule has 1 aromatic heterocycles. The fourth-order valence-electron chi connectivity index (χ4n) is 2.26. The zero-order valence-corrected chi connectivity index (χ0v) is 15.5. The third kappa shape index (κ3) is 6.76. The van der Waals surface area contributed by atoms with Crippen LogP contribution in [-0.2, 0) is 11.3 Å². The van der Waals surface area contributed by atoms with Crippen LogP contribution in [0.5, 0.6) is 5.75 Å². The molecule has 2 aromatic rings. The number of ether oxygens (including phenoxy) is 1. The molecule has 2 rings (SSSR count). The Morgan fingerprint density at radius 1 is 1.23 bits per heavy atom. The van der Waals surface area contributed by atoms with Crippen molar-refractivity contribution in [2.75, 3.05) is 13.2 Å². The molecule has 1 N–H and O–H groups in total. The molecule has 0 radical (unpaired) electrons. The van der Waals surface area contributed by atoms with E-state index in [4.69, 9.17) is 16.3 Å². The molecular weight excluding hydrogens is 352 g/mol. The number of halogens is 1. The van der Waals surface area contributed by atoms with Crippen molar-refractivity contribution in [1.82, 2.24) is 9.88 Å². The molecule has 1 aromatic carbocycles. The van der Waals surface area contributed by atoms with Crippen molar-refractivity contribution in [1.29, 1.82) is 0 Å². The van der Waals surface area contributed by atoms with Crippen LogP contribution in [-0.4, -0.2) is 23.6 Å². The molecule has 138 valence electrons. The number of hydrogen-bond donors (Lipinski definition) is 1. The Morgan fingerprint density at radius 3 is 2.73 bits per heavy atom. The van der Waals surface area contributed by atoms with Gasteiger partial charge in [0.05, 0.1) is 11.6 Å². The summed E-state index contributed by atoms with van der Waals surface area (Å²) in [7, 11) is 0. The second kappa shape index (κ2) is 10.5. The molecule has 0 aliphatic heterocycles. The summed E-state index contributed by atoms with van der Waals surface area (Å²) in [6.07, 6.45) is 6.45. The summed E-state index contributed by atoms with van der Waals surface area (Å²) in [4.78, 5) is 23.5. The summed E-state index contributed by atoms with van der Waals surface area (Å²) in [6.45, 7) is 3.73. The Balaban J connectivity index is 1.73. The van der Waals surface area contributed by atoms with Crippen molar-refractivity contribution in [3.63, 3.8) is 0 Å². The van der Waals surface area contributed by atoms with E-state index in [1.54, 1.807) is 18.3 Å². The van der Waals surface area contributed by atoms with Crippen LogP contribution < -0.4 is 15.6 Å². The highest BCUT2D eigenvalue weighted by Crippen LogP contribution is 2.13. The predicted molar refractivity (Wildman–Crippen MR) is 105 cm³/mol. The third-order valence-electron chi connectivity index (χ3n) is 3.60. The lowest BCUT2D eigenvalue weighted by atomic mass is 10.2. The quantitative estimate of drug-likeness (QED) is 0.539. The maximum atomic E-state index is 11.8. The normalized spacial score (nSPS) is 10.8. The highest BCUT2D eigenvalue weighted by molar-refractivity contribution is 6.30. The predicted octanol–water partition coefficient (Wildman–Crippen LogP) is 3.51.